The van der Waals surface area contributed by atoms with E-state index in [-0.39, 0.29) is 41.6 Å². The summed E-state index contributed by atoms with van der Waals surface area (Å²) in [5, 5.41) is 2.55. The Morgan fingerprint density at radius 1 is 1.23 bits per heavy atom. The minimum Gasteiger partial charge on any atom is -0.369 e. The van der Waals surface area contributed by atoms with Crippen LogP contribution in [0.1, 0.15) is 24.1 Å². The van der Waals surface area contributed by atoms with Crippen LogP contribution in [0.2, 0.25) is 0 Å². The Hall–Kier alpha value is -2.55. The molecule has 2 aliphatic carbocycles. The van der Waals surface area contributed by atoms with E-state index in [4.69, 9.17) is 5.73 Å². The average molecular weight is 431 g/mol. The third-order valence-corrected chi connectivity index (χ3v) is 9.24. The molecular weight excluding hydrogens is 407 g/mol. The summed E-state index contributed by atoms with van der Waals surface area (Å²) in [6.45, 7) is 0. The van der Waals surface area contributed by atoms with E-state index in [9.17, 15) is 17.6 Å². The molecule has 1 amide bonds. The first kappa shape index (κ1) is 19.4. The molecule has 0 unspecified atom stereocenters. The topological polar surface area (TPSA) is 115 Å². The fourth-order valence-corrected chi connectivity index (χ4v) is 7.95. The molecule has 158 valence electrons. The summed E-state index contributed by atoms with van der Waals surface area (Å²) < 4.78 is 41.0. The number of benzene rings is 1. The summed E-state index contributed by atoms with van der Waals surface area (Å²) in [7, 11) is -3.37. The summed E-state index contributed by atoms with van der Waals surface area (Å²) in [6.07, 6.45) is 2.78. The predicted molar refractivity (Wildman–Crippen MR) is 109 cm³/mol. The van der Waals surface area contributed by atoms with Crippen LogP contribution in [0.3, 0.4) is 0 Å². The van der Waals surface area contributed by atoms with Gasteiger partial charge in [0.25, 0.3) is 0 Å². The number of primary amides is 1. The molecule has 5 rings (SSSR count). The number of hydrogen-bond donors (Lipinski definition) is 2. The van der Waals surface area contributed by atoms with Crippen LogP contribution >= 0.6 is 0 Å². The highest BCUT2D eigenvalue weighted by atomic mass is 32.2. The normalized spacial score (nSPS) is 31.6. The van der Waals surface area contributed by atoms with Gasteiger partial charge in [0, 0.05) is 11.6 Å². The Bertz CT molecular complexity index is 1120. The average Bonchev–Trinajstić information content (AvgIpc) is 3.28. The van der Waals surface area contributed by atoms with Crippen LogP contribution in [0, 0.1) is 29.5 Å². The van der Waals surface area contributed by atoms with Gasteiger partial charge in [-0.1, -0.05) is 12.1 Å². The number of aromatic nitrogens is 2. The number of nitrogens with two attached hydrogens (primary N) is 1. The zero-order valence-corrected chi connectivity index (χ0v) is 17.1. The second-order valence-corrected chi connectivity index (χ2v) is 11.0. The lowest BCUT2D eigenvalue weighted by Crippen LogP contribution is -2.43. The fourth-order valence-electron chi connectivity index (χ4n) is 5.74. The van der Waals surface area contributed by atoms with E-state index in [1.54, 1.807) is 0 Å². The maximum atomic E-state index is 14.6. The van der Waals surface area contributed by atoms with Crippen LogP contribution in [0.4, 0.5) is 16.0 Å². The number of fused-ring (bicyclic) bond motifs is 5. The van der Waals surface area contributed by atoms with Crippen LogP contribution in [0.5, 0.6) is 0 Å². The number of aryl methyl sites for hydroxylation is 1. The molecule has 30 heavy (non-hydrogen) atoms. The fraction of sp³-hybridized carbons (Fsp3) is 0.476. The lowest BCUT2D eigenvalue weighted by Gasteiger charge is -2.34. The molecule has 0 saturated heterocycles. The van der Waals surface area contributed by atoms with E-state index in [1.165, 1.54) is 0 Å². The molecule has 7 nitrogen and oxygen atoms in total. The number of carbonyl (C=O) groups excluding carboxylic acids is 1. The minimum atomic E-state index is -3.37. The molecule has 9 heteroatoms. The van der Waals surface area contributed by atoms with Gasteiger partial charge in [0.15, 0.2) is 15.7 Å². The standard InChI is InChI=1S/C21H23FN4O3S/c22-16-10-24-21-25-13-3-1-2-11(6-13)4-5-30(28,29)18-8-12-7-14(18)15(9-17(16)26-21)19(12)20(23)27/h1-3,6,10,12,14-15,18-19H,4-5,7-9H2,(H2,23,27)(H,24,25,26)/t12-,14-,15+,18+,19-/m0/s1. The molecular formula is C21H23FN4O3S. The molecule has 5 atom stereocenters. The summed E-state index contributed by atoms with van der Waals surface area (Å²) in [5.41, 5.74) is 7.45. The number of sulfone groups is 1. The summed E-state index contributed by atoms with van der Waals surface area (Å²) in [6, 6.07) is 7.41. The monoisotopic (exact) mass is 430 g/mol. The Kier molecular flexibility index (Phi) is 4.53. The Morgan fingerprint density at radius 3 is 2.87 bits per heavy atom. The van der Waals surface area contributed by atoms with E-state index in [2.05, 4.69) is 15.3 Å². The van der Waals surface area contributed by atoms with Crippen molar-refractivity contribution in [1.82, 2.24) is 9.97 Å². The highest BCUT2D eigenvalue weighted by molar-refractivity contribution is 7.92. The molecule has 3 aliphatic rings. The lowest BCUT2D eigenvalue weighted by atomic mass is 9.76. The first-order chi connectivity index (χ1) is 14.3. The van der Waals surface area contributed by atoms with Gasteiger partial charge in [-0.05, 0) is 61.1 Å². The first-order valence-corrected chi connectivity index (χ1v) is 11.9. The second kappa shape index (κ2) is 7.01. The van der Waals surface area contributed by atoms with Gasteiger partial charge in [0.2, 0.25) is 11.9 Å². The Morgan fingerprint density at radius 2 is 2.07 bits per heavy atom. The number of nitrogens with one attached hydrogen (secondary N) is 1. The highest BCUT2D eigenvalue weighted by Crippen LogP contribution is 2.55. The van der Waals surface area contributed by atoms with Crippen LogP contribution in [-0.2, 0) is 27.5 Å². The van der Waals surface area contributed by atoms with Crippen molar-refractivity contribution >= 4 is 27.4 Å². The molecule has 0 spiro atoms. The molecule has 2 saturated carbocycles. The lowest BCUT2D eigenvalue weighted by molar-refractivity contribution is -0.125. The molecule has 6 bridgehead atoms. The smallest absolute Gasteiger partial charge is 0.227 e. The van der Waals surface area contributed by atoms with Crippen molar-refractivity contribution in [3.8, 4) is 0 Å². The molecule has 2 heterocycles. The molecule has 2 aromatic rings. The van der Waals surface area contributed by atoms with Gasteiger partial charge in [0.1, 0.15) is 0 Å². The van der Waals surface area contributed by atoms with Crippen molar-refractivity contribution in [2.45, 2.75) is 30.9 Å². The zero-order chi connectivity index (χ0) is 21.0. The van der Waals surface area contributed by atoms with E-state index in [0.29, 0.717) is 24.9 Å². The number of amides is 1. The minimum absolute atomic E-state index is 0.0501. The van der Waals surface area contributed by atoms with Crippen molar-refractivity contribution in [3.05, 3.63) is 47.5 Å². The van der Waals surface area contributed by atoms with Gasteiger partial charge >= 0.3 is 0 Å². The molecule has 1 aromatic carbocycles. The summed E-state index contributed by atoms with van der Waals surface area (Å²) >= 11 is 0. The van der Waals surface area contributed by atoms with Gasteiger partial charge in [0.05, 0.1) is 22.9 Å². The third kappa shape index (κ3) is 3.25. The molecule has 0 radical (unpaired) electrons. The molecule has 2 fully saturated rings. The summed E-state index contributed by atoms with van der Waals surface area (Å²) in [5.74, 6) is -1.75. The van der Waals surface area contributed by atoms with E-state index in [1.807, 2.05) is 24.3 Å². The van der Waals surface area contributed by atoms with E-state index >= 15 is 0 Å². The van der Waals surface area contributed by atoms with E-state index in [0.717, 1.165) is 11.8 Å². The van der Waals surface area contributed by atoms with Crippen molar-refractivity contribution in [2.24, 2.45) is 29.4 Å². The van der Waals surface area contributed by atoms with E-state index < -0.39 is 32.7 Å². The number of halogens is 1. The molecule has 1 aromatic heterocycles. The maximum Gasteiger partial charge on any atom is 0.227 e. The number of anilines is 2. The Labute approximate surface area is 174 Å². The second-order valence-electron chi connectivity index (χ2n) is 8.66. The summed E-state index contributed by atoms with van der Waals surface area (Å²) in [4.78, 5) is 20.6. The quantitative estimate of drug-likeness (QED) is 0.715. The van der Waals surface area contributed by atoms with Gasteiger partial charge < -0.3 is 11.1 Å². The number of rotatable bonds is 1. The number of nitrogens with zero attached hydrogens (tertiary/aromatic N) is 2. The first-order valence-electron chi connectivity index (χ1n) is 10.2. The van der Waals surface area contributed by atoms with Crippen molar-refractivity contribution < 1.29 is 17.6 Å². The van der Waals surface area contributed by atoms with Gasteiger partial charge in [-0.3, -0.25) is 4.79 Å². The van der Waals surface area contributed by atoms with Gasteiger partial charge in [-0.25, -0.2) is 22.8 Å². The van der Waals surface area contributed by atoms with Crippen LogP contribution < -0.4 is 11.1 Å². The van der Waals surface area contributed by atoms with Crippen molar-refractivity contribution in [3.63, 3.8) is 0 Å². The van der Waals surface area contributed by atoms with Crippen molar-refractivity contribution in [1.29, 1.82) is 0 Å². The van der Waals surface area contributed by atoms with Crippen LogP contribution in [-0.4, -0.2) is 35.3 Å². The van der Waals surface area contributed by atoms with Gasteiger partial charge in [-0.2, -0.15) is 0 Å². The zero-order valence-electron chi connectivity index (χ0n) is 16.3. The maximum absolute atomic E-state index is 14.6. The number of carbonyl (C=O) groups is 1. The highest BCUT2D eigenvalue weighted by Gasteiger charge is 2.57. The largest absolute Gasteiger partial charge is 0.369 e. The predicted octanol–water partition coefficient (Wildman–Crippen LogP) is 2.00. The Balaban J connectivity index is 1.61. The van der Waals surface area contributed by atoms with Crippen LogP contribution in [0.15, 0.2) is 30.5 Å². The molecule has 3 N–H and O–H groups in total. The molecule has 1 aliphatic heterocycles. The SMILES string of the molecule is NC(=O)[C@H]1[C@H]2C[C@H]3[C@H]1Cc1nc(ncc1F)Nc1cccc(c1)CCS(=O)(=O)[C@@H]3C2. The van der Waals surface area contributed by atoms with Crippen LogP contribution in [0.25, 0.3) is 0 Å². The van der Waals surface area contributed by atoms with Gasteiger partial charge in [-0.15, -0.1) is 0 Å². The number of hydrogen-bond acceptors (Lipinski definition) is 6. The van der Waals surface area contributed by atoms with Crippen molar-refractivity contribution in [2.75, 3.05) is 11.1 Å². The third-order valence-electron chi connectivity index (χ3n) is 7.00.